The van der Waals surface area contributed by atoms with Crippen molar-refractivity contribution >= 4 is 16.9 Å². The number of rotatable bonds is 5. The van der Waals surface area contributed by atoms with Gasteiger partial charge in [0.15, 0.2) is 11.6 Å². The van der Waals surface area contributed by atoms with E-state index in [9.17, 15) is 18.4 Å². The smallest absolute Gasteiger partial charge is 0.343 e. The fraction of sp³-hybridized carbons (Fsp3) is 0.143. The van der Waals surface area contributed by atoms with E-state index in [0.717, 1.165) is 17.7 Å². The molecule has 7 nitrogen and oxygen atoms in total. The van der Waals surface area contributed by atoms with Crippen LogP contribution >= 0.6 is 0 Å². The van der Waals surface area contributed by atoms with Gasteiger partial charge in [0.25, 0.3) is 0 Å². The van der Waals surface area contributed by atoms with E-state index in [-0.39, 0.29) is 23.1 Å². The van der Waals surface area contributed by atoms with Crippen molar-refractivity contribution in [2.45, 2.75) is 13.5 Å². The summed E-state index contributed by atoms with van der Waals surface area (Å²) in [7, 11) is 0. The van der Waals surface area contributed by atoms with Gasteiger partial charge in [-0.2, -0.15) is 0 Å². The standard InChI is InChI=1S/C21H16F2N4O3/c1-2-30-21(29)15-12-27(19-10-17(23)16(22)9-14(19)20(15)28)18-6-4-3-5-13(18)11-26-8-7-24-25-26/h3-10,12H,2,11H2,1H3. The number of fused-ring (bicyclic) bond motifs is 1. The van der Waals surface area contributed by atoms with Crippen molar-refractivity contribution in [3.05, 3.63) is 88.0 Å². The zero-order valence-corrected chi connectivity index (χ0v) is 15.9. The van der Waals surface area contributed by atoms with E-state index >= 15 is 0 Å². The zero-order valence-electron chi connectivity index (χ0n) is 15.9. The van der Waals surface area contributed by atoms with Gasteiger partial charge >= 0.3 is 5.97 Å². The highest BCUT2D eigenvalue weighted by molar-refractivity contribution is 5.94. The van der Waals surface area contributed by atoms with Crippen molar-refractivity contribution in [2.75, 3.05) is 6.61 Å². The maximum absolute atomic E-state index is 14.1. The number of carbonyl (C=O) groups is 1. The molecule has 0 saturated heterocycles. The molecule has 9 heteroatoms. The summed E-state index contributed by atoms with van der Waals surface area (Å²) in [6.07, 6.45) is 4.51. The van der Waals surface area contributed by atoms with Crippen molar-refractivity contribution < 1.29 is 18.3 Å². The van der Waals surface area contributed by atoms with Crippen LogP contribution in [0.4, 0.5) is 8.78 Å². The lowest BCUT2D eigenvalue weighted by atomic mass is 10.1. The molecule has 4 rings (SSSR count). The van der Waals surface area contributed by atoms with E-state index in [1.165, 1.54) is 17.0 Å². The number of hydrogen-bond acceptors (Lipinski definition) is 5. The lowest BCUT2D eigenvalue weighted by molar-refractivity contribution is 0.0524. The second-order valence-electron chi connectivity index (χ2n) is 6.48. The Bertz CT molecular complexity index is 1300. The molecule has 0 aliphatic rings. The molecule has 152 valence electrons. The fourth-order valence-electron chi connectivity index (χ4n) is 3.24. The van der Waals surface area contributed by atoms with Crippen molar-refractivity contribution in [3.8, 4) is 5.69 Å². The normalized spacial score (nSPS) is 11.0. The third kappa shape index (κ3) is 3.45. The Balaban J connectivity index is 2.01. The van der Waals surface area contributed by atoms with Crippen LogP contribution in [0.2, 0.25) is 0 Å². The SMILES string of the molecule is CCOC(=O)c1cn(-c2ccccc2Cn2ccnn2)c2cc(F)c(F)cc2c1=O. The van der Waals surface area contributed by atoms with Crippen LogP contribution in [0.25, 0.3) is 16.6 Å². The van der Waals surface area contributed by atoms with E-state index in [0.29, 0.717) is 12.2 Å². The van der Waals surface area contributed by atoms with Crippen LogP contribution in [-0.2, 0) is 11.3 Å². The van der Waals surface area contributed by atoms with Gasteiger partial charge in [-0.1, -0.05) is 23.4 Å². The summed E-state index contributed by atoms with van der Waals surface area (Å²) < 4.78 is 36.0. The largest absolute Gasteiger partial charge is 0.462 e. The van der Waals surface area contributed by atoms with E-state index < -0.39 is 23.0 Å². The number of halogens is 2. The number of para-hydroxylation sites is 1. The first kappa shape index (κ1) is 19.4. The van der Waals surface area contributed by atoms with Crippen LogP contribution in [0.15, 0.2) is 59.8 Å². The molecule has 2 heterocycles. The van der Waals surface area contributed by atoms with Crippen molar-refractivity contribution in [1.82, 2.24) is 19.6 Å². The molecule has 2 aromatic carbocycles. The number of nitrogens with zero attached hydrogens (tertiary/aromatic N) is 4. The molecular formula is C21H16F2N4O3. The van der Waals surface area contributed by atoms with Gasteiger partial charge in [0.1, 0.15) is 5.56 Å². The van der Waals surface area contributed by atoms with Crippen molar-refractivity contribution in [3.63, 3.8) is 0 Å². The number of benzene rings is 2. The quantitative estimate of drug-likeness (QED) is 0.473. The van der Waals surface area contributed by atoms with Gasteiger partial charge < -0.3 is 9.30 Å². The molecule has 30 heavy (non-hydrogen) atoms. The maximum Gasteiger partial charge on any atom is 0.343 e. The number of esters is 1. The third-order valence-corrected chi connectivity index (χ3v) is 4.60. The number of carbonyl (C=O) groups excluding carboxylic acids is 1. The van der Waals surface area contributed by atoms with Crippen molar-refractivity contribution in [2.24, 2.45) is 0 Å². The van der Waals surface area contributed by atoms with Crippen LogP contribution in [0, 0.1) is 11.6 Å². The lowest BCUT2D eigenvalue weighted by Gasteiger charge is -2.17. The second kappa shape index (κ2) is 7.86. The Kier molecular flexibility index (Phi) is 5.09. The van der Waals surface area contributed by atoms with Crippen molar-refractivity contribution in [1.29, 1.82) is 0 Å². The first-order valence-electron chi connectivity index (χ1n) is 9.13. The fourth-order valence-corrected chi connectivity index (χ4v) is 3.24. The third-order valence-electron chi connectivity index (χ3n) is 4.60. The number of hydrogen-bond donors (Lipinski definition) is 0. The highest BCUT2D eigenvalue weighted by atomic mass is 19.2. The summed E-state index contributed by atoms with van der Waals surface area (Å²) in [5, 5.41) is 7.59. The Labute approximate surface area is 169 Å². The number of aromatic nitrogens is 4. The minimum absolute atomic E-state index is 0.0664. The molecule has 0 unspecified atom stereocenters. The molecular weight excluding hydrogens is 394 g/mol. The molecule has 0 fully saturated rings. The summed E-state index contributed by atoms with van der Waals surface area (Å²) in [6, 6.07) is 8.87. The van der Waals surface area contributed by atoms with Crippen LogP contribution in [0.5, 0.6) is 0 Å². The van der Waals surface area contributed by atoms with Gasteiger partial charge in [-0.05, 0) is 24.6 Å². The first-order valence-corrected chi connectivity index (χ1v) is 9.13. The van der Waals surface area contributed by atoms with Gasteiger partial charge in [-0.3, -0.25) is 4.79 Å². The van der Waals surface area contributed by atoms with E-state index in [4.69, 9.17) is 4.74 Å². The Morgan fingerprint density at radius 3 is 2.67 bits per heavy atom. The number of pyridine rings is 1. The van der Waals surface area contributed by atoms with Crippen LogP contribution < -0.4 is 5.43 Å². The minimum Gasteiger partial charge on any atom is -0.462 e. The molecule has 0 saturated carbocycles. The summed E-state index contributed by atoms with van der Waals surface area (Å²) in [6.45, 7) is 2.01. The Hall–Kier alpha value is -3.88. The Morgan fingerprint density at radius 1 is 1.17 bits per heavy atom. The molecule has 0 N–H and O–H groups in total. The average Bonchev–Trinajstić information content (AvgIpc) is 3.24. The first-order chi connectivity index (χ1) is 14.5. The molecule has 0 spiro atoms. The summed E-state index contributed by atoms with van der Waals surface area (Å²) in [5.74, 6) is -3.12. The Morgan fingerprint density at radius 2 is 1.93 bits per heavy atom. The number of ether oxygens (including phenoxy) is 1. The van der Waals surface area contributed by atoms with Crippen LogP contribution in [0.1, 0.15) is 22.8 Å². The molecule has 4 aromatic rings. The topological polar surface area (TPSA) is 79.0 Å². The lowest BCUT2D eigenvalue weighted by Crippen LogP contribution is -2.21. The molecule has 0 aliphatic carbocycles. The highest BCUT2D eigenvalue weighted by Crippen LogP contribution is 2.24. The monoisotopic (exact) mass is 410 g/mol. The molecule has 0 bridgehead atoms. The van der Waals surface area contributed by atoms with E-state index in [2.05, 4.69) is 10.3 Å². The summed E-state index contributed by atoms with van der Waals surface area (Å²) in [5.41, 5.74) is 0.443. The predicted molar refractivity (Wildman–Crippen MR) is 105 cm³/mol. The highest BCUT2D eigenvalue weighted by Gasteiger charge is 2.20. The molecule has 2 aromatic heterocycles. The van der Waals surface area contributed by atoms with Gasteiger partial charge in [0.2, 0.25) is 5.43 Å². The van der Waals surface area contributed by atoms with Crippen LogP contribution in [0.3, 0.4) is 0 Å². The van der Waals surface area contributed by atoms with Gasteiger partial charge in [-0.15, -0.1) is 5.10 Å². The van der Waals surface area contributed by atoms with Gasteiger partial charge in [-0.25, -0.2) is 18.3 Å². The maximum atomic E-state index is 14.1. The zero-order chi connectivity index (χ0) is 21.3. The van der Waals surface area contributed by atoms with Gasteiger partial charge in [0, 0.05) is 18.5 Å². The molecule has 0 aliphatic heterocycles. The van der Waals surface area contributed by atoms with Gasteiger partial charge in [0.05, 0.1) is 35.9 Å². The van der Waals surface area contributed by atoms with E-state index in [1.54, 1.807) is 29.9 Å². The average molecular weight is 410 g/mol. The minimum atomic E-state index is -1.18. The predicted octanol–water partition coefficient (Wildman–Crippen LogP) is 3.09. The second-order valence-corrected chi connectivity index (χ2v) is 6.48. The van der Waals surface area contributed by atoms with Crippen LogP contribution in [-0.4, -0.2) is 32.1 Å². The molecule has 0 amide bonds. The molecule has 0 radical (unpaired) electrons. The summed E-state index contributed by atoms with van der Waals surface area (Å²) >= 11 is 0. The van der Waals surface area contributed by atoms with E-state index in [1.807, 2.05) is 12.1 Å². The summed E-state index contributed by atoms with van der Waals surface area (Å²) in [4.78, 5) is 25.2. The molecule has 0 atom stereocenters.